The number of carbonyl (C=O) groups excluding carboxylic acids is 2. The van der Waals surface area contributed by atoms with Crippen molar-refractivity contribution in [3.63, 3.8) is 0 Å². The van der Waals surface area contributed by atoms with E-state index in [1.807, 2.05) is 24.3 Å². The molecule has 2 aromatic rings. The maximum atomic E-state index is 12.0. The number of amides is 2. The van der Waals surface area contributed by atoms with Crippen LogP contribution < -0.4 is 16.2 Å². The standard InChI is InChI=1S/C20H23N3O4/c1-2-26-20(25)23-22-12-11-21-19(24)27-13-18-16-9-5-3-7-14(16)15-8-4-6-10-17(15)18/h3-10,18,22H,2,11-13H2,1H3,(H,21,24)(H,23,25). The van der Waals surface area contributed by atoms with Gasteiger partial charge < -0.3 is 14.8 Å². The van der Waals surface area contributed by atoms with E-state index in [2.05, 4.69) is 40.4 Å². The van der Waals surface area contributed by atoms with Crippen molar-refractivity contribution in [1.82, 2.24) is 16.2 Å². The zero-order chi connectivity index (χ0) is 19.1. The smallest absolute Gasteiger partial charge is 0.421 e. The molecular formula is C20H23N3O4. The first-order valence-electron chi connectivity index (χ1n) is 8.95. The van der Waals surface area contributed by atoms with Gasteiger partial charge in [-0.05, 0) is 29.2 Å². The zero-order valence-electron chi connectivity index (χ0n) is 15.2. The lowest BCUT2D eigenvalue weighted by atomic mass is 9.98. The molecule has 2 amide bonds. The molecule has 3 rings (SSSR count). The lowest BCUT2D eigenvalue weighted by Gasteiger charge is -2.14. The number of fused-ring (bicyclic) bond motifs is 3. The number of nitrogens with one attached hydrogen (secondary N) is 3. The summed E-state index contributed by atoms with van der Waals surface area (Å²) in [6.45, 7) is 2.95. The topological polar surface area (TPSA) is 88.7 Å². The second kappa shape index (κ2) is 9.05. The Bertz CT molecular complexity index is 764. The van der Waals surface area contributed by atoms with Crippen LogP contribution in [0.1, 0.15) is 24.0 Å². The number of hydrazine groups is 1. The highest BCUT2D eigenvalue weighted by molar-refractivity contribution is 5.79. The van der Waals surface area contributed by atoms with Gasteiger partial charge in [-0.25, -0.2) is 15.0 Å². The normalized spacial score (nSPS) is 12.0. The van der Waals surface area contributed by atoms with Gasteiger partial charge in [0.25, 0.3) is 0 Å². The van der Waals surface area contributed by atoms with E-state index < -0.39 is 12.2 Å². The van der Waals surface area contributed by atoms with Gasteiger partial charge in [0.05, 0.1) is 6.61 Å². The summed E-state index contributed by atoms with van der Waals surface area (Å²) in [6, 6.07) is 16.4. The Labute approximate surface area is 158 Å². The maximum Gasteiger partial charge on any atom is 0.421 e. The first-order chi connectivity index (χ1) is 13.2. The molecule has 7 heteroatoms. The molecule has 0 bridgehead atoms. The fraction of sp³-hybridized carbons (Fsp3) is 0.300. The summed E-state index contributed by atoms with van der Waals surface area (Å²) in [5, 5.41) is 2.64. The Morgan fingerprint density at radius 3 is 2.15 bits per heavy atom. The third kappa shape index (κ3) is 4.57. The molecule has 0 saturated carbocycles. The number of benzene rings is 2. The van der Waals surface area contributed by atoms with E-state index in [-0.39, 0.29) is 12.5 Å². The molecule has 2 aromatic carbocycles. The minimum absolute atomic E-state index is 0.0340. The first kappa shape index (κ1) is 18.7. The molecule has 0 aromatic heterocycles. The van der Waals surface area contributed by atoms with E-state index in [0.29, 0.717) is 19.7 Å². The molecule has 0 heterocycles. The minimum atomic E-state index is -0.557. The summed E-state index contributed by atoms with van der Waals surface area (Å²) in [4.78, 5) is 23.0. The van der Waals surface area contributed by atoms with Crippen molar-refractivity contribution in [2.45, 2.75) is 12.8 Å². The summed E-state index contributed by atoms with van der Waals surface area (Å²) in [7, 11) is 0. The van der Waals surface area contributed by atoms with Crippen LogP contribution >= 0.6 is 0 Å². The van der Waals surface area contributed by atoms with E-state index in [1.54, 1.807) is 6.92 Å². The fourth-order valence-corrected chi connectivity index (χ4v) is 3.18. The second-order valence-corrected chi connectivity index (χ2v) is 6.02. The Morgan fingerprint density at radius 2 is 1.52 bits per heavy atom. The molecule has 3 N–H and O–H groups in total. The van der Waals surface area contributed by atoms with E-state index in [4.69, 9.17) is 9.47 Å². The Kier molecular flexibility index (Phi) is 6.27. The third-order valence-corrected chi connectivity index (χ3v) is 4.33. The molecule has 0 fully saturated rings. The number of hydrogen-bond acceptors (Lipinski definition) is 5. The highest BCUT2D eigenvalue weighted by atomic mass is 16.6. The maximum absolute atomic E-state index is 12.0. The molecule has 0 radical (unpaired) electrons. The average Bonchev–Trinajstić information content (AvgIpc) is 3.00. The Hall–Kier alpha value is -3.06. The predicted molar refractivity (Wildman–Crippen MR) is 101 cm³/mol. The van der Waals surface area contributed by atoms with Crippen LogP contribution in [0.15, 0.2) is 48.5 Å². The van der Waals surface area contributed by atoms with Gasteiger partial charge in [0.15, 0.2) is 0 Å². The van der Waals surface area contributed by atoms with Crippen molar-refractivity contribution in [3.05, 3.63) is 59.7 Å². The summed E-state index contributed by atoms with van der Waals surface area (Å²) >= 11 is 0. The predicted octanol–water partition coefficient (Wildman–Crippen LogP) is 2.78. The summed E-state index contributed by atoms with van der Waals surface area (Å²) in [5.74, 6) is 0.0340. The van der Waals surface area contributed by atoms with Gasteiger partial charge in [-0.1, -0.05) is 48.5 Å². The van der Waals surface area contributed by atoms with Crippen LogP contribution in [0, 0.1) is 0 Å². The zero-order valence-corrected chi connectivity index (χ0v) is 15.2. The average molecular weight is 369 g/mol. The van der Waals surface area contributed by atoms with E-state index in [1.165, 1.54) is 22.3 Å². The molecule has 0 atom stereocenters. The molecule has 0 saturated heterocycles. The Morgan fingerprint density at radius 1 is 0.889 bits per heavy atom. The fourth-order valence-electron chi connectivity index (χ4n) is 3.18. The van der Waals surface area contributed by atoms with E-state index in [9.17, 15) is 9.59 Å². The molecule has 1 aliphatic rings. The van der Waals surface area contributed by atoms with Crippen LogP contribution in [0.3, 0.4) is 0 Å². The van der Waals surface area contributed by atoms with Gasteiger partial charge in [0.1, 0.15) is 6.61 Å². The third-order valence-electron chi connectivity index (χ3n) is 4.33. The highest BCUT2D eigenvalue weighted by Crippen LogP contribution is 2.44. The summed E-state index contributed by atoms with van der Waals surface area (Å²) < 4.78 is 10.1. The van der Waals surface area contributed by atoms with Crippen molar-refractivity contribution >= 4 is 12.2 Å². The molecule has 7 nitrogen and oxygen atoms in total. The van der Waals surface area contributed by atoms with Crippen LogP contribution in [0.25, 0.3) is 11.1 Å². The Balaban J connectivity index is 1.46. The van der Waals surface area contributed by atoms with Crippen molar-refractivity contribution in [1.29, 1.82) is 0 Å². The van der Waals surface area contributed by atoms with Crippen LogP contribution in [0.4, 0.5) is 9.59 Å². The van der Waals surface area contributed by atoms with E-state index >= 15 is 0 Å². The summed E-state index contributed by atoms with van der Waals surface area (Å²) in [5.41, 5.74) is 9.73. The van der Waals surface area contributed by atoms with Crippen molar-refractivity contribution in [3.8, 4) is 11.1 Å². The van der Waals surface area contributed by atoms with Crippen LogP contribution in [0.5, 0.6) is 0 Å². The number of alkyl carbamates (subject to hydrolysis) is 1. The van der Waals surface area contributed by atoms with Gasteiger partial charge in [0, 0.05) is 19.0 Å². The van der Waals surface area contributed by atoms with Crippen molar-refractivity contribution in [2.75, 3.05) is 26.3 Å². The lowest BCUT2D eigenvalue weighted by Crippen LogP contribution is -2.42. The van der Waals surface area contributed by atoms with Gasteiger partial charge in [-0.3, -0.25) is 5.43 Å². The summed E-state index contributed by atoms with van der Waals surface area (Å²) in [6.07, 6.45) is -1.05. The number of hydrogen-bond donors (Lipinski definition) is 3. The lowest BCUT2D eigenvalue weighted by molar-refractivity contribution is 0.142. The second-order valence-electron chi connectivity index (χ2n) is 6.02. The molecule has 27 heavy (non-hydrogen) atoms. The highest BCUT2D eigenvalue weighted by Gasteiger charge is 2.28. The number of carbonyl (C=O) groups is 2. The van der Waals surface area contributed by atoms with Gasteiger partial charge in [-0.15, -0.1) is 0 Å². The molecule has 0 spiro atoms. The van der Waals surface area contributed by atoms with Gasteiger partial charge >= 0.3 is 12.2 Å². The van der Waals surface area contributed by atoms with Crippen molar-refractivity contribution in [2.24, 2.45) is 0 Å². The van der Waals surface area contributed by atoms with Gasteiger partial charge in [-0.2, -0.15) is 0 Å². The molecule has 0 aliphatic heterocycles. The van der Waals surface area contributed by atoms with Gasteiger partial charge in [0.2, 0.25) is 0 Å². The minimum Gasteiger partial charge on any atom is -0.449 e. The monoisotopic (exact) mass is 369 g/mol. The van der Waals surface area contributed by atoms with E-state index in [0.717, 1.165) is 0 Å². The SMILES string of the molecule is CCOC(=O)NNCCNC(=O)OCC1c2ccccc2-c2ccccc21. The van der Waals surface area contributed by atoms with Crippen LogP contribution in [-0.2, 0) is 9.47 Å². The quantitative estimate of drug-likeness (QED) is 0.516. The van der Waals surface area contributed by atoms with Crippen LogP contribution in [0.2, 0.25) is 0 Å². The molecule has 1 aliphatic carbocycles. The largest absolute Gasteiger partial charge is 0.449 e. The number of ether oxygens (including phenoxy) is 2. The molecule has 0 unspecified atom stereocenters. The van der Waals surface area contributed by atoms with Crippen molar-refractivity contribution < 1.29 is 19.1 Å². The first-order valence-corrected chi connectivity index (χ1v) is 8.95. The number of rotatable bonds is 7. The van der Waals surface area contributed by atoms with Crippen LogP contribution in [-0.4, -0.2) is 38.5 Å². The molecular weight excluding hydrogens is 346 g/mol. The molecule has 142 valence electrons.